The third-order valence-electron chi connectivity index (χ3n) is 3.86. The van der Waals surface area contributed by atoms with Crippen LogP contribution in [0.1, 0.15) is 22.5 Å². The summed E-state index contributed by atoms with van der Waals surface area (Å²) in [4.78, 5) is 8.95. The first kappa shape index (κ1) is 19.1. The van der Waals surface area contributed by atoms with Gasteiger partial charge < -0.3 is 9.47 Å². The summed E-state index contributed by atoms with van der Waals surface area (Å²) in [6, 6.07) is 17.7. The van der Waals surface area contributed by atoms with Gasteiger partial charge in [-0.05, 0) is 53.6 Å². The maximum absolute atomic E-state index is 5.18. The lowest BCUT2D eigenvalue weighted by Gasteiger charge is -2.01. The summed E-state index contributed by atoms with van der Waals surface area (Å²) in [5, 5.41) is 0. The Hall–Kier alpha value is -2.67. The molecule has 0 saturated heterocycles. The van der Waals surface area contributed by atoms with Gasteiger partial charge in [0.15, 0.2) is 3.83 Å². The van der Waals surface area contributed by atoms with Crippen LogP contribution in [0.15, 0.2) is 54.6 Å². The number of rotatable bonds is 6. The number of benzene rings is 2. The predicted octanol–water partition coefficient (Wildman–Crippen LogP) is 5.44. The van der Waals surface area contributed by atoms with Crippen molar-refractivity contribution in [3.63, 3.8) is 0 Å². The van der Waals surface area contributed by atoms with Crippen molar-refractivity contribution in [1.82, 2.24) is 9.97 Å². The molecule has 3 aromatic rings. The fourth-order valence-electron chi connectivity index (χ4n) is 2.42. The van der Waals surface area contributed by atoms with E-state index in [1.807, 2.05) is 78.9 Å². The standard InChI is InChI=1S/C22H19IN2O2/c1-26-20-11-5-16(6-12-20)3-9-18-15-19(25-22(23)24-18)10-4-17-7-13-21(27-2)14-8-17/h3-15H,1-2H3/b9-3+,10-4+. The summed E-state index contributed by atoms with van der Waals surface area (Å²) in [6.45, 7) is 0. The van der Waals surface area contributed by atoms with Gasteiger partial charge in [-0.2, -0.15) is 0 Å². The van der Waals surface area contributed by atoms with Gasteiger partial charge in [-0.25, -0.2) is 9.97 Å². The Morgan fingerprint density at radius 2 is 1.07 bits per heavy atom. The average Bonchev–Trinajstić information content (AvgIpc) is 2.71. The molecule has 0 spiro atoms. The highest BCUT2D eigenvalue weighted by molar-refractivity contribution is 14.1. The van der Waals surface area contributed by atoms with Gasteiger partial charge >= 0.3 is 0 Å². The Balaban J connectivity index is 1.76. The van der Waals surface area contributed by atoms with E-state index in [2.05, 4.69) is 32.6 Å². The van der Waals surface area contributed by atoms with Crippen molar-refractivity contribution < 1.29 is 9.47 Å². The van der Waals surface area contributed by atoms with Crippen LogP contribution in [0.5, 0.6) is 11.5 Å². The normalized spacial score (nSPS) is 11.2. The molecule has 4 nitrogen and oxygen atoms in total. The van der Waals surface area contributed by atoms with E-state index in [1.165, 1.54) is 0 Å². The van der Waals surface area contributed by atoms with E-state index in [9.17, 15) is 0 Å². The van der Waals surface area contributed by atoms with Crippen molar-refractivity contribution in [3.05, 3.63) is 80.9 Å². The molecule has 0 saturated carbocycles. The second-order valence-corrected chi connectivity index (χ2v) is 6.66. The van der Waals surface area contributed by atoms with Crippen LogP contribution in [0.25, 0.3) is 24.3 Å². The lowest BCUT2D eigenvalue weighted by atomic mass is 10.1. The van der Waals surface area contributed by atoms with Gasteiger partial charge in [-0.1, -0.05) is 36.4 Å². The van der Waals surface area contributed by atoms with Crippen molar-refractivity contribution in [2.24, 2.45) is 0 Å². The minimum Gasteiger partial charge on any atom is -0.497 e. The molecule has 1 heterocycles. The van der Waals surface area contributed by atoms with Crippen LogP contribution in [0, 0.1) is 3.83 Å². The molecule has 0 atom stereocenters. The van der Waals surface area contributed by atoms with Crippen molar-refractivity contribution in [3.8, 4) is 11.5 Å². The Morgan fingerprint density at radius 3 is 1.44 bits per heavy atom. The lowest BCUT2D eigenvalue weighted by Crippen LogP contribution is -1.93. The summed E-state index contributed by atoms with van der Waals surface area (Å²) in [6.07, 6.45) is 8.01. The van der Waals surface area contributed by atoms with E-state index in [0.29, 0.717) is 3.83 Å². The van der Waals surface area contributed by atoms with Crippen LogP contribution < -0.4 is 9.47 Å². The molecule has 27 heavy (non-hydrogen) atoms. The summed E-state index contributed by atoms with van der Waals surface area (Å²) in [5.74, 6) is 1.68. The number of nitrogens with zero attached hydrogens (tertiary/aromatic N) is 2. The average molecular weight is 470 g/mol. The molecule has 5 heteroatoms. The third kappa shape index (κ3) is 5.65. The van der Waals surface area contributed by atoms with Crippen LogP contribution in [0.3, 0.4) is 0 Å². The molecule has 3 rings (SSSR count). The van der Waals surface area contributed by atoms with Crippen LogP contribution in [0.2, 0.25) is 0 Å². The SMILES string of the molecule is COc1ccc(/C=C/c2cc(/C=C/c3ccc(OC)cc3)nc(I)n2)cc1. The first-order valence-electron chi connectivity index (χ1n) is 8.35. The van der Waals surface area contributed by atoms with Crippen LogP contribution in [0.4, 0.5) is 0 Å². The monoisotopic (exact) mass is 470 g/mol. The zero-order chi connectivity index (χ0) is 19.1. The molecule has 2 aromatic carbocycles. The molecule has 0 aliphatic rings. The second kappa shape index (κ2) is 9.32. The Morgan fingerprint density at radius 1 is 0.667 bits per heavy atom. The molecule has 0 N–H and O–H groups in total. The fourth-order valence-corrected chi connectivity index (χ4v) is 2.98. The number of methoxy groups -OCH3 is 2. The maximum atomic E-state index is 5.18. The highest BCUT2D eigenvalue weighted by Crippen LogP contribution is 2.16. The number of hydrogen-bond donors (Lipinski definition) is 0. The molecular formula is C22H19IN2O2. The molecule has 0 radical (unpaired) electrons. The fraction of sp³-hybridized carbons (Fsp3) is 0.0909. The van der Waals surface area contributed by atoms with Gasteiger partial charge in [0.05, 0.1) is 25.6 Å². The third-order valence-corrected chi connectivity index (χ3v) is 4.35. The van der Waals surface area contributed by atoms with Crippen molar-refractivity contribution in [2.75, 3.05) is 14.2 Å². The largest absolute Gasteiger partial charge is 0.497 e. The molecule has 0 bridgehead atoms. The number of ether oxygens (including phenoxy) is 2. The first-order valence-corrected chi connectivity index (χ1v) is 9.43. The zero-order valence-electron chi connectivity index (χ0n) is 15.1. The first-order chi connectivity index (χ1) is 13.2. The van der Waals surface area contributed by atoms with E-state index < -0.39 is 0 Å². The van der Waals surface area contributed by atoms with Gasteiger partial charge in [0.1, 0.15) is 11.5 Å². The topological polar surface area (TPSA) is 44.2 Å². The second-order valence-electron chi connectivity index (χ2n) is 5.70. The minimum atomic E-state index is 0.707. The zero-order valence-corrected chi connectivity index (χ0v) is 17.3. The summed E-state index contributed by atoms with van der Waals surface area (Å²) >= 11 is 2.14. The van der Waals surface area contributed by atoms with Gasteiger partial charge in [-0.3, -0.25) is 0 Å². The van der Waals surface area contributed by atoms with Crippen LogP contribution in [-0.2, 0) is 0 Å². The summed E-state index contributed by atoms with van der Waals surface area (Å²) < 4.78 is 11.1. The Labute approximate surface area is 172 Å². The smallest absolute Gasteiger partial charge is 0.191 e. The number of hydrogen-bond acceptors (Lipinski definition) is 4. The molecule has 0 aliphatic carbocycles. The molecule has 0 unspecified atom stereocenters. The predicted molar refractivity (Wildman–Crippen MR) is 119 cm³/mol. The van der Waals surface area contributed by atoms with Crippen molar-refractivity contribution in [1.29, 1.82) is 0 Å². The van der Waals surface area contributed by atoms with Gasteiger partial charge in [0.25, 0.3) is 0 Å². The van der Waals surface area contributed by atoms with E-state index in [0.717, 1.165) is 34.0 Å². The highest BCUT2D eigenvalue weighted by atomic mass is 127. The molecule has 0 amide bonds. The Bertz CT molecular complexity index is 873. The van der Waals surface area contributed by atoms with Crippen molar-refractivity contribution >= 4 is 46.9 Å². The highest BCUT2D eigenvalue weighted by Gasteiger charge is 1.99. The lowest BCUT2D eigenvalue weighted by molar-refractivity contribution is 0.414. The van der Waals surface area contributed by atoms with Crippen molar-refractivity contribution in [2.45, 2.75) is 0 Å². The molecule has 0 aliphatic heterocycles. The Kier molecular flexibility index (Phi) is 6.59. The molecule has 136 valence electrons. The summed E-state index contributed by atoms with van der Waals surface area (Å²) in [7, 11) is 3.32. The summed E-state index contributed by atoms with van der Waals surface area (Å²) in [5.41, 5.74) is 3.89. The maximum Gasteiger partial charge on any atom is 0.191 e. The van der Waals surface area contributed by atoms with E-state index in [1.54, 1.807) is 14.2 Å². The van der Waals surface area contributed by atoms with Gasteiger partial charge in [-0.15, -0.1) is 0 Å². The van der Waals surface area contributed by atoms with Gasteiger partial charge in [0.2, 0.25) is 0 Å². The molecule has 0 fully saturated rings. The van der Waals surface area contributed by atoms with E-state index >= 15 is 0 Å². The minimum absolute atomic E-state index is 0.707. The number of halogens is 1. The molecule has 1 aromatic heterocycles. The van der Waals surface area contributed by atoms with Crippen LogP contribution >= 0.6 is 22.6 Å². The van der Waals surface area contributed by atoms with E-state index in [-0.39, 0.29) is 0 Å². The van der Waals surface area contributed by atoms with E-state index in [4.69, 9.17) is 9.47 Å². The number of aromatic nitrogens is 2. The quantitative estimate of drug-likeness (QED) is 0.356. The van der Waals surface area contributed by atoms with Crippen LogP contribution in [-0.4, -0.2) is 24.2 Å². The molecular weight excluding hydrogens is 451 g/mol. The van der Waals surface area contributed by atoms with Gasteiger partial charge in [0, 0.05) is 22.6 Å².